The van der Waals surface area contributed by atoms with Crippen LogP contribution in [0.25, 0.3) is 22.2 Å². The molecule has 3 aromatic carbocycles. The molecule has 1 aromatic heterocycles. The van der Waals surface area contributed by atoms with Crippen LogP contribution in [0.3, 0.4) is 0 Å². The number of hydrogen-bond donors (Lipinski definition) is 3. The third-order valence-electron chi connectivity index (χ3n) is 5.12. The van der Waals surface area contributed by atoms with Crippen molar-refractivity contribution >= 4 is 36.8 Å². The average Bonchev–Trinajstić information content (AvgIpc) is 3.13. The Bertz CT molecular complexity index is 1510. The van der Waals surface area contributed by atoms with E-state index < -0.39 is 20.0 Å². The number of nitrogens with one attached hydrogen (secondary N) is 2. The van der Waals surface area contributed by atoms with Crippen LogP contribution in [-0.4, -0.2) is 33.1 Å². The first-order valence-electron chi connectivity index (χ1n) is 10.2. The van der Waals surface area contributed by atoms with Crippen molar-refractivity contribution in [2.45, 2.75) is 18.6 Å². The fourth-order valence-corrected chi connectivity index (χ4v) is 4.96. The molecule has 8 nitrogen and oxygen atoms in total. The van der Waals surface area contributed by atoms with Crippen LogP contribution in [0.15, 0.2) is 66.7 Å². The molecule has 4 N–H and O–H groups in total. The van der Waals surface area contributed by atoms with E-state index in [0.29, 0.717) is 17.7 Å². The standard InChI is InChI=1S/C23H24N4O4S2/c1-32(28,29)27-19-10-6-16(7-11-19)8-13-23-25-21-12-9-17(14-22(21)26-23)20-5-3-2-4-18(20)15-33(24,30)31/h2-7,9-12,14,27H,8,13,15H2,1H3,(H,25,26)(H2,24,30,31). The van der Waals surface area contributed by atoms with Gasteiger partial charge in [0.15, 0.2) is 0 Å². The van der Waals surface area contributed by atoms with Crippen molar-refractivity contribution in [2.24, 2.45) is 5.14 Å². The molecule has 0 aliphatic carbocycles. The molecule has 172 valence electrons. The number of nitrogens with two attached hydrogens (primary N) is 1. The van der Waals surface area contributed by atoms with Gasteiger partial charge in [0.25, 0.3) is 0 Å². The van der Waals surface area contributed by atoms with Gasteiger partial charge in [-0.3, -0.25) is 4.72 Å². The number of aromatic amines is 1. The molecular formula is C23H24N4O4S2. The van der Waals surface area contributed by atoms with Crippen LogP contribution in [0.2, 0.25) is 0 Å². The van der Waals surface area contributed by atoms with E-state index in [1.165, 1.54) is 0 Å². The van der Waals surface area contributed by atoms with Gasteiger partial charge in [-0.25, -0.2) is 27.0 Å². The van der Waals surface area contributed by atoms with Crippen LogP contribution >= 0.6 is 0 Å². The number of rotatable bonds is 8. The highest BCUT2D eigenvalue weighted by Gasteiger charge is 2.12. The highest BCUT2D eigenvalue weighted by molar-refractivity contribution is 7.92. The lowest BCUT2D eigenvalue weighted by atomic mass is 10.0. The van der Waals surface area contributed by atoms with E-state index in [9.17, 15) is 16.8 Å². The summed E-state index contributed by atoms with van der Waals surface area (Å²) in [6.45, 7) is 0. The van der Waals surface area contributed by atoms with Crippen molar-refractivity contribution in [3.05, 3.63) is 83.7 Å². The highest BCUT2D eigenvalue weighted by atomic mass is 32.2. The highest BCUT2D eigenvalue weighted by Crippen LogP contribution is 2.27. The van der Waals surface area contributed by atoms with Crippen molar-refractivity contribution in [1.82, 2.24) is 9.97 Å². The van der Waals surface area contributed by atoms with Gasteiger partial charge in [0.2, 0.25) is 20.0 Å². The quantitative estimate of drug-likeness (QED) is 0.353. The van der Waals surface area contributed by atoms with E-state index in [1.807, 2.05) is 42.5 Å². The van der Waals surface area contributed by atoms with Gasteiger partial charge >= 0.3 is 0 Å². The van der Waals surface area contributed by atoms with Crippen LogP contribution in [0.1, 0.15) is 17.0 Å². The van der Waals surface area contributed by atoms with E-state index in [0.717, 1.165) is 46.2 Å². The van der Waals surface area contributed by atoms with Crippen molar-refractivity contribution in [1.29, 1.82) is 0 Å². The van der Waals surface area contributed by atoms with Crippen molar-refractivity contribution in [3.63, 3.8) is 0 Å². The number of aryl methyl sites for hydroxylation is 2. The molecule has 10 heteroatoms. The van der Waals surface area contributed by atoms with Crippen LogP contribution in [-0.2, 0) is 38.6 Å². The SMILES string of the molecule is CS(=O)(=O)Nc1ccc(CCc2nc3ccc(-c4ccccc4CS(N)(=O)=O)cc3[nH]2)cc1. The summed E-state index contributed by atoms with van der Waals surface area (Å²) < 4.78 is 48.3. The molecule has 0 radical (unpaired) electrons. The fourth-order valence-electron chi connectivity index (χ4n) is 3.71. The Morgan fingerprint density at radius 3 is 2.36 bits per heavy atom. The summed E-state index contributed by atoms with van der Waals surface area (Å²) in [5.74, 6) is 0.604. The number of sulfonamides is 2. The smallest absolute Gasteiger partial charge is 0.229 e. The molecule has 4 aromatic rings. The lowest BCUT2D eigenvalue weighted by molar-refractivity contribution is 0.596. The van der Waals surface area contributed by atoms with Gasteiger partial charge in [-0.1, -0.05) is 42.5 Å². The zero-order chi connectivity index (χ0) is 23.6. The minimum atomic E-state index is -3.65. The van der Waals surface area contributed by atoms with Gasteiger partial charge in [-0.05, 0) is 52.9 Å². The molecule has 0 atom stereocenters. The van der Waals surface area contributed by atoms with Gasteiger partial charge in [-0.15, -0.1) is 0 Å². The number of benzene rings is 3. The van der Waals surface area contributed by atoms with Gasteiger partial charge in [0.05, 0.1) is 23.0 Å². The Balaban J connectivity index is 1.51. The third kappa shape index (κ3) is 6.19. The van der Waals surface area contributed by atoms with Gasteiger partial charge in [-0.2, -0.15) is 0 Å². The second kappa shape index (κ2) is 8.97. The largest absolute Gasteiger partial charge is 0.342 e. The summed E-state index contributed by atoms with van der Waals surface area (Å²) >= 11 is 0. The summed E-state index contributed by atoms with van der Waals surface area (Å²) in [6.07, 6.45) is 2.54. The minimum absolute atomic E-state index is 0.228. The van der Waals surface area contributed by atoms with Crippen LogP contribution in [0.5, 0.6) is 0 Å². The van der Waals surface area contributed by atoms with Crippen LogP contribution < -0.4 is 9.86 Å². The molecule has 0 aliphatic heterocycles. The first kappa shape index (κ1) is 23.0. The summed E-state index contributed by atoms with van der Waals surface area (Å²) in [6, 6.07) is 20.3. The first-order chi connectivity index (χ1) is 15.6. The number of anilines is 1. The Morgan fingerprint density at radius 2 is 1.67 bits per heavy atom. The first-order valence-corrected chi connectivity index (χ1v) is 13.8. The molecule has 0 unspecified atom stereocenters. The van der Waals surface area contributed by atoms with Gasteiger partial charge < -0.3 is 4.98 Å². The van der Waals surface area contributed by atoms with Crippen molar-refractivity contribution in [2.75, 3.05) is 11.0 Å². The maximum absolute atomic E-state index is 11.6. The molecule has 0 saturated heterocycles. The molecule has 0 amide bonds. The van der Waals surface area contributed by atoms with E-state index in [4.69, 9.17) is 5.14 Å². The molecule has 0 fully saturated rings. The fraction of sp³-hybridized carbons (Fsp3) is 0.174. The topological polar surface area (TPSA) is 135 Å². The number of fused-ring (bicyclic) bond motifs is 1. The zero-order valence-corrected chi connectivity index (χ0v) is 19.6. The Morgan fingerprint density at radius 1 is 0.939 bits per heavy atom. The molecule has 0 saturated carbocycles. The van der Waals surface area contributed by atoms with E-state index >= 15 is 0 Å². The maximum Gasteiger partial charge on any atom is 0.229 e. The second-order valence-corrected chi connectivity index (χ2v) is 11.3. The lowest BCUT2D eigenvalue weighted by Crippen LogP contribution is -2.15. The predicted octanol–water partition coefficient (Wildman–Crippen LogP) is 3.18. The summed E-state index contributed by atoms with van der Waals surface area (Å²) in [5, 5.41) is 5.25. The minimum Gasteiger partial charge on any atom is -0.342 e. The molecule has 0 spiro atoms. The number of primary sulfonamides is 1. The summed E-state index contributed by atoms with van der Waals surface area (Å²) in [5.41, 5.74) is 5.62. The predicted molar refractivity (Wildman–Crippen MR) is 131 cm³/mol. The summed E-state index contributed by atoms with van der Waals surface area (Å²) in [7, 11) is -6.94. The Hall–Kier alpha value is -3.21. The second-order valence-electron chi connectivity index (χ2n) is 7.95. The number of imidazole rings is 1. The zero-order valence-electron chi connectivity index (χ0n) is 17.9. The Labute approximate surface area is 193 Å². The van der Waals surface area contributed by atoms with E-state index in [1.54, 1.807) is 24.3 Å². The number of H-pyrrole nitrogens is 1. The van der Waals surface area contributed by atoms with Gasteiger partial charge in [0.1, 0.15) is 5.82 Å². The van der Waals surface area contributed by atoms with Crippen LogP contribution in [0, 0.1) is 0 Å². The van der Waals surface area contributed by atoms with Gasteiger partial charge in [0, 0.05) is 12.1 Å². The lowest BCUT2D eigenvalue weighted by Gasteiger charge is -2.08. The van der Waals surface area contributed by atoms with E-state index in [2.05, 4.69) is 14.7 Å². The number of hydrogen-bond acceptors (Lipinski definition) is 5. The van der Waals surface area contributed by atoms with Crippen LogP contribution in [0.4, 0.5) is 5.69 Å². The normalized spacial score (nSPS) is 12.2. The monoisotopic (exact) mass is 484 g/mol. The molecule has 33 heavy (non-hydrogen) atoms. The average molecular weight is 485 g/mol. The summed E-state index contributed by atoms with van der Waals surface area (Å²) in [4.78, 5) is 7.99. The third-order valence-corrected chi connectivity index (χ3v) is 6.44. The molecule has 4 rings (SSSR count). The van der Waals surface area contributed by atoms with Crippen molar-refractivity contribution < 1.29 is 16.8 Å². The van der Waals surface area contributed by atoms with E-state index in [-0.39, 0.29) is 5.75 Å². The molecule has 1 heterocycles. The molecular weight excluding hydrogens is 460 g/mol. The number of aromatic nitrogens is 2. The van der Waals surface area contributed by atoms with Crippen molar-refractivity contribution in [3.8, 4) is 11.1 Å². The molecule has 0 bridgehead atoms. The molecule has 0 aliphatic rings. The maximum atomic E-state index is 11.6. The Kier molecular flexibility index (Phi) is 6.24. The number of nitrogens with zero attached hydrogens (tertiary/aromatic N) is 1.